The third-order valence-corrected chi connectivity index (χ3v) is 9.80. The Hall–Kier alpha value is -5.37. The smallest absolute Gasteiger partial charge is 0.0991 e. The zero-order valence-electron chi connectivity index (χ0n) is 22.8. The number of rotatable bonds is 2. The van der Waals surface area contributed by atoms with Gasteiger partial charge >= 0.3 is 0 Å². The van der Waals surface area contributed by atoms with Gasteiger partial charge < -0.3 is 9.13 Å². The maximum absolute atomic E-state index is 9.58. The summed E-state index contributed by atoms with van der Waals surface area (Å²) in [6.07, 6.45) is 0. The van der Waals surface area contributed by atoms with Crippen LogP contribution in [0, 0.1) is 18.3 Å². The van der Waals surface area contributed by atoms with Crippen LogP contribution in [0.1, 0.15) is 11.1 Å². The molecule has 4 heteroatoms. The van der Waals surface area contributed by atoms with Gasteiger partial charge in [0.15, 0.2) is 0 Å². The first-order chi connectivity index (χ1) is 20.7. The van der Waals surface area contributed by atoms with E-state index >= 15 is 0 Å². The maximum atomic E-state index is 9.58. The Kier molecular flexibility index (Phi) is 4.76. The number of nitrogens with zero attached hydrogens (tertiary/aromatic N) is 3. The third kappa shape index (κ3) is 3.14. The molecule has 0 unspecified atom stereocenters. The molecule has 0 saturated carbocycles. The van der Waals surface area contributed by atoms with Gasteiger partial charge in [-0.2, -0.15) is 5.26 Å². The first-order valence-electron chi connectivity index (χ1n) is 14.1. The molecule has 0 amide bonds. The molecular weight excluding hydrogens is 531 g/mol. The lowest BCUT2D eigenvalue weighted by molar-refractivity contribution is 1.19. The van der Waals surface area contributed by atoms with Crippen molar-refractivity contribution in [3.8, 4) is 17.4 Å². The second kappa shape index (κ2) is 8.57. The van der Waals surface area contributed by atoms with Gasteiger partial charge in [0.1, 0.15) is 0 Å². The second-order valence-corrected chi connectivity index (χ2v) is 12.1. The summed E-state index contributed by atoms with van der Waals surface area (Å²) in [6.45, 7) is 2.16. The molecule has 0 aliphatic heterocycles. The van der Waals surface area contributed by atoms with Crippen molar-refractivity contribution in [2.45, 2.75) is 6.92 Å². The highest BCUT2D eigenvalue weighted by atomic mass is 32.1. The predicted molar refractivity (Wildman–Crippen MR) is 177 cm³/mol. The van der Waals surface area contributed by atoms with Gasteiger partial charge in [-0.05, 0) is 73.7 Å². The monoisotopic (exact) mass is 553 g/mol. The lowest BCUT2D eigenvalue weighted by Crippen LogP contribution is -1.94. The summed E-state index contributed by atoms with van der Waals surface area (Å²) in [6, 6.07) is 45.8. The quantitative estimate of drug-likeness (QED) is 0.210. The van der Waals surface area contributed by atoms with E-state index in [1.807, 2.05) is 23.5 Å². The summed E-state index contributed by atoms with van der Waals surface area (Å²) >= 11 is 1.84. The summed E-state index contributed by atoms with van der Waals surface area (Å²) in [5.41, 5.74) is 8.99. The minimum Gasteiger partial charge on any atom is -0.309 e. The molecule has 0 saturated heterocycles. The molecule has 0 fully saturated rings. The van der Waals surface area contributed by atoms with Crippen LogP contribution in [0.2, 0.25) is 0 Å². The van der Waals surface area contributed by atoms with E-state index in [4.69, 9.17) is 0 Å². The lowest BCUT2D eigenvalue weighted by atomic mass is 10.1. The lowest BCUT2D eigenvalue weighted by Gasteiger charge is -2.10. The molecule has 3 aromatic heterocycles. The van der Waals surface area contributed by atoms with Gasteiger partial charge in [-0.15, -0.1) is 11.3 Å². The molecule has 3 nitrogen and oxygen atoms in total. The summed E-state index contributed by atoms with van der Waals surface area (Å²) < 4.78 is 7.29. The molecule has 0 bridgehead atoms. The highest BCUT2D eigenvalue weighted by Gasteiger charge is 2.18. The van der Waals surface area contributed by atoms with Crippen LogP contribution >= 0.6 is 11.3 Å². The van der Waals surface area contributed by atoms with E-state index in [1.165, 1.54) is 58.9 Å². The highest BCUT2D eigenvalue weighted by molar-refractivity contribution is 7.26. The Morgan fingerprint density at radius 1 is 0.548 bits per heavy atom. The van der Waals surface area contributed by atoms with Crippen molar-refractivity contribution < 1.29 is 0 Å². The van der Waals surface area contributed by atoms with Gasteiger partial charge in [0.05, 0.1) is 44.1 Å². The number of thiophene rings is 1. The Balaban J connectivity index is 1.33. The van der Waals surface area contributed by atoms with Crippen LogP contribution in [-0.4, -0.2) is 9.13 Å². The number of hydrogen-bond donors (Lipinski definition) is 0. The van der Waals surface area contributed by atoms with Gasteiger partial charge in [0, 0.05) is 42.7 Å². The number of nitriles is 1. The number of para-hydroxylation sites is 2. The SMILES string of the molecule is Cc1ccc2c(c1)c1ccccc1n2-c1ccc2sc3c(-n4c5ccccc5c5cc(C#N)ccc54)cccc3c2c1. The van der Waals surface area contributed by atoms with Crippen LogP contribution in [0.15, 0.2) is 121 Å². The Bertz CT molecular complexity index is 2600. The first kappa shape index (κ1) is 23.3. The number of benzene rings is 6. The molecule has 3 heterocycles. The molecule has 196 valence electrons. The Morgan fingerprint density at radius 2 is 1.21 bits per heavy atom. The van der Waals surface area contributed by atoms with Crippen molar-refractivity contribution in [1.82, 2.24) is 9.13 Å². The van der Waals surface area contributed by atoms with Crippen LogP contribution in [0.3, 0.4) is 0 Å². The predicted octanol–water partition coefficient (Wildman–Crippen LogP) is 10.4. The topological polar surface area (TPSA) is 33.6 Å². The van der Waals surface area contributed by atoms with Crippen molar-refractivity contribution in [3.05, 3.63) is 132 Å². The van der Waals surface area contributed by atoms with E-state index in [-0.39, 0.29) is 0 Å². The van der Waals surface area contributed by atoms with Crippen molar-refractivity contribution in [2.24, 2.45) is 0 Å². The molecule has 42 heavy (non-hydrogen) atoms. The van der Waals surface area contributed by atoms with E-state index in [2.05, 4.69) is 131 Å². The van der Waals surface area contributed by atoms with Crippen LogP contribution in [0.5, 0.6) is 0 Å². The number of fused-ring (bicyclic) bond motifs is 9. The van der Waals surface area contributed by atoms with Crippen molar-refractivity contribution in [1.29, 1.82) is 5.26 Å². The maximum Gasteiger partial charge on any atom is 0.0991 e. The van der Waals surface area contributed by atoms with Crippen molar-refractivity contribution >= 4 is 75.1 Å². The standard InChI is InChI=1S/C38H23N3S/c1-23-13-16-34-29(19-23)26-7-2-4-10-32(26)40(34)25-15-18-37-31(21-25)28-9-6-12-36(38(28)42-37)41-33-11-5-3-8-27(33)30-20-24(22-39)14-17-35(30)41/h2-21H,1H3. The largest absolute Gasteiger partial charge is 0.309 e. The zero-order valence-corrected chi connectivity index (χ0v) is 23.6. The van der Waals surface area contributed by atoms with E-state index in [9.17, 15) is 5.26 Å². The summed E-state index contributed by atoms with van der Waals surface area (Å²) in [4.78, 5) is 0. The minimum absolute atomic E-state index is 0.679. The van der Waals surface area contributed by atoms with E-state index in [0.29, 0.717) is 5.56 Å². The van der Waals surface area contributed by atoms with Crippen LogP contribution in [0.4, 0.5) is 0 Å². The molecule has 0 atom stereocenters. The molecule has 0 aliphatic rings. The fraction of sp³-hybridized carbons (Fsp3) is 0.0263. The van der Waals surface area contributed by atoms with Crippen LogP contribution < -0.4 is 0 Å². The Morgan fingerprint density at radius 3 is 2.02 bits per heavy atom. The first-order valence-corrected chi connectivity index (χ1v) is 14.9. The van der Waals surface area contributed by atoms with E-state index < -0.39 is 0 Å². The molecule has 9 aromatic rings. The third-order valence-electron chi connectivity index (χ3n) is 8.59. The van der Waals surface area contributed by atoms with Gasteiger partial charge in [-0.25, -0.2) is 0 Å². The van der Waals surface area contributed by atoms with Gasteiger partial charge in [0.25, 0.3) is 0 Å². The molecular formula is C38H23N3S. The number of hydrogen-bond acceptors (Lipinski definition) is 2. The minimum atomic E-state index is 0.679. The molecule has 0 radical (unpaired) electrons. The van der Waals surface area contributed by atoms with Crippen LogP contribution in [-0.2, 0) is 0 Å². The molecule has 9 rings (SSSR count). The average molecular weight is 554 g/mol. The molecule has 0 N–H and O–H groups in total. The van der Waals surface area contributed by atoms with E-state index in [1.54, 1.807) is 0 Å². The zero-order chi connectivity index (χ0) is 27.9. The van der Waals surface area contributed by atoms with Crippen LogP contribution in [0.25, 0.3) is 75.2 Å². The number of aromatic nitrogens is 2. The number of aryl methyl sites for hydroxylation is 1. The summed E-state index contributed by atoms with van der Waals surface area (Å²) in [7, 11) is 0. The molecule has 0 aliphatic carbocycles. The fourth-order valence-electron chi connectivity index (χ4n) is 6.75. The summed E-state index contributed by atoms with van der Waals surface area (Å²) in [5.74, 6) is 0. The second-order valence-electron chi connectivity index (χ2n) is 11.0. The van der Waals surface area contributed by atoms with Gasteiger partial charge in [-0.3, -0.25) is 0 Å². The fourth-order valence-corrected chi connectivity index (χ4v) is 7.94. The Labute approximate surface area is 245 Å². The summed E-state index contributed by atoms with van der Waals surface area (Å²) in [5, 5.41) is 16.9. The highest BCUT2D eigenvalue weighted by Crippen LogP contribution is 2.42. The average Bonchev–Trinajstić information content (AvgIpc) is 3.68. The van der Waals surface area contributed by atoms with Crippen molar-refractivity contribution in [2.75, 3.05) is 0 Å². The normalized spacial score (nSPS) is 11.9. The van der Waals surface area contributed by atoms with Crippen molar-refractivity contribution in [3.63, 3.8) is 0 Å². The van der Waals surface area contributed by atoms with E-state index in [0.717, 1.165) is 21.8 Å². The van der Waals surface area contributed by atoms with Gasteiger partial charge in [0.2, 0.25) is 0 Å². The van der Waals surface area contributed by atoms with Gasteiger partial charge in [-0.1, -0.05) is 60.2 Å². The molecule has 0 spiro atoms. The molecule has 6 aromatic carbocycles.